The molecule has 122 valence electrons. The van der Waals surface area contributed by atoms with E-state index in [1.807, 2.05) is 31.2 Å². The van der Waals surface area contributed by atoms with Gasteiger partial charge < -0.3 is 0 Å². The standard InChI is InChI=1S/C16H18N2O3S2/c1-3-10-23(19,20)21-18-15-8-9-22-16(15)14(11-17)13-7-5-4-6-12(13)2/h4-7H,3,8-10H2,1-2H3. The molecule has 0 spiro atoms. The molecule has 1 aliphatic heterocycles. The van der Waals surface area contributed by atoms with Crippen molar-refractivity contribution < 1.29 is 12.7 Å². The molecule has 0 atom stereocenters. The molecule has 2 rings (SSSR count). The first kappa shape index (κ1) is 17.6. The highest BCUT2D eigenvalue weighted by Crippen LogP contribution is 2.36. The van der Waals surface area contributed by atoms with Gasteiger partial charge in [-0.05, 0) is 24.5 Å². The maximum Gasteiger partial charge on any atom is 0.328 e. The second-order valence-corrected chi connectivity index (χ2v) is 7.88. The van der Waals surface area contributed by atoms with Crippen LogP contribution in [0.3, 0.4) is 0 Å². The molecule has 0 aromatic heterocycles. The van der Waals surface area contributed by atoms with Crippen molar-refractivity contribution in [3.63, 3.8) is 0 Å². The molecule has 23 heavy (non-hydrogen) atoms. The van der Waals surface area contributed by atoms with Gasteiger partial charge in [-0.15, -0.1) is 11.8 Å². The zero-order chi connectivity index (χ0) is 16.9. The van der Waals surface area contributed by atoms with E-state index >= 15 is 0 Å². The van der Waals surface area contributed by atoms with E-state index in [0.717, 1.165) is 16.9 Å². The van der Waals surface area contributed by atoms with E-state index in [2.05, 4.69) is 11.2 Å². The second-order valence-electron chi connectivity index (χ2n) is 5.10. The van der Waals surface area contributed by atoms with Crippen LogP contribution in [0.2, 0.25) is 0 Å². The van der Waals surface area contributed by atoms with Crippen molar-refractivity contribution in [1.82, 2.24) is 0 Å². The highest BCUT2D eigenvalue weighted by molar-refractivity contribution is 8.04. The first-order chi connectivity index (χ1) is 11.0. The zero-order valence-electron chi connectivity index (χ0n) is 13.1. The Bertz CT molecular complexity index is 790. The quantitative estimate of drug-likeness (QED) is 0.600. The number of rotatable bonds is 5. The number of hydrogen-bond acceptors (Lipinski definition) is 6. The van der Waals surface area contributed by atoms with Crippen molar-refractivity contribution in [3.05, 3.63) is 40.3 Å². The maximum atomic E-state index is 11.6. The predicted molar refractivity (Wildman–Crippen MR) is 93.4 cm³/mol. The Kier molecular flexibility index (Phi) is 5.85. The molecular formula is C16H18N2O3S2. The average molecular weight is 350 g/mol. The van der Waals surface area contributed by atoms with Gasteiger partial charge in [0.2, 0.25) is 0 Å². The summed E-state index contributed by atoms with van der Waals surface area (Å²) in [6.45, 7) is 3.70. The second kappa shape index (κ2) is 7.66. The number of benzene rings is 1. The van der Waals surface area contributed by atoms with Crippen LogP contribution in [0.1, 0.15) is 30.9 Å². The monoisotopic (exact) mass is 350 g/mol. The van der Waals surface area contributed by atoms with Crippen LogP contribution in [0.5, 0.6) is 0 Å². The number of nitrogens with zero attached hydrogens (tertiary/aromatic N) is 2. The molecule has 1 aromatic rings. The van der Waals surface area contributed by atoms with Gasteiger partial charge in [0.1, 0.15) is 6.07 Å². The first-order valence-corrected chi connectivity index (χ1v) is 9.86. The predicted octanol–water partition coefficient (Wildman–Crippen LogP) is 3.48. The summed E-state index contributed by atoms with van der Waals surface area (Å²) >= 11 is 1.50. The number of oxime groups is 1. The van der Waals surface area contributed by atoms with Crippen LogP contribution in [0.25, 0.3) is 5.57 Å². The Labute approximate surface area is 141 Å². The highest BCUT2D eigenvalue weighted by Gasteiger charge is 2.24. The van der Waals surface area contributed by atoms with E-state index in [1.165, 1.54) is 11.8 Å². The minimum atomic E-state index is -3.65. The van der Waals surface area contributed by atoms with Gasteiger partial charge in [-0.1, -0.05) is 36.3 Å². The molecular weight excluding hydrogens is 332 g/mol. The van der Waals surface area contributed by atoms with Crippen molar-refractivity contribution in [2.24, 2.45) is 5.16 Å². The summed E-state index contributed by atoms with van der Waals surface area (Å²) in [6, 6.07) is 9.83. The van der Waals surface area contributed by atoms with Crippen molar-refractivity contribution in [1.29, 1.82) is 5.26 Å². The molecule has 0 amide bonds. The first-order valence-electron chi connectivity index (χ1n) is 7.30. The molecule has 5 nitrogen and oxygen atoms in total. The highest BCUT2D eigenvalue weighted by atomic mass is 32.2. The summed E-state index contributed by atoms with van der Waals surface area (Å²) in [7, 11) is -3.65. The molecule has 1 heterocycles. The Balaban J connectivity index is 2.40. The fraction of sp³-hybridized carbons (Fsp3) is 0.375. The lowest BCUT2D eigenvalue weighted by molar-refractivity contribution is 0.338. The van der Waals surface area contributed by atoms with Crippen LogP contribution in [0.15, 0.2) is 34.3 Å². The number of allylic oxidation sites excluding steroid dienone is 2. The lowest BCUT2D eigenvalue weighted by Crippen LogP contribution is -2.08. The smallest absolute Gasteiger partial charge is 0.268 e. The summed E-state index contributed by atoms with van der Waals surface area (Å²) in [5.74, 6) is 0.682. The lowest BCUT2D eigenvalue weighted by Gasteiger charge is -2.07. The van der Waals surface area contributed by atoms with Crippen LogP contribution in [-0.2, 0) is 14.4 Å². The molecule has 0 radical (unpaired) electrons. The van der Waals surface area contributed by atoms with Crippen LogP contribution in [0.4, 0.5) is 0 Å². The zero-order valence-corrected chi connectivity index (χ0v) is 14.7. The van der Waals surface area contributed by atoms with Gasteiger partial charge in [-0.2, -0.15) is 13.7 Å². The molecule has 1 aliphatic rings. The molecule has 1 aromatic carbocycles. The van der Waals surface area contributed by atoms with Gasteiger partial charge >= 0.3 is 10.1 Å². The molecule has 0 N–H and O–H groups in total. The summed E-state index contributed by atoms with van der Waals surface area (Å²) < 4.78 is 28.0. The van der Waals surface area contributed by atoms with Crippen LogP contribution in [0, 0.1) is 18.3 Å². The summed E-state index contributed by atoms with van der Waals surface area (Å²) in [4.78, 5) is 0.702. The number of aryl methyl sites for hydroxylation is 1. The Morgan fingerprint density at radius 2 is 2.17 bits per heavy atom. The fourth-order valence-electron chi connectivity index (χ4n) is 2.23. The summed E-state index contributed by atoms with van der Waals surface area (Å²) in [6.07, 6.45) is 1.05. The van der Waals surface area contributed by atoms with Gasteiger partial charge in [-0.25, -0.2) is 0 Å². The van der Waals surface area contributed by atoms with E-state index in [0.29, 0.717) is 29.0 Å². The third kappa shape index (κ3) is 4.36. The Morgan fingerprint density at radius 1 is 1.43 bits per heavy atom. The molecule has 0 aliphatic carbocycles. The van der Waals surface area contributed by atoms with Crippen molar-refractivity contribution in [3.8, 4) is 6.07 Å². The molecule has 0 unspecified atom stereocenters. The lowest BCUT2D eigenvalue weighted by atomic mass is 10.00. The number of nitriles is 1. The van der Waals surface area contributed by atoms with E-state index in [1.54, 1.807) is 6.92 Å². The van der Waals surface area contributed by atoms with E-state index in [-0.39, 0.29) is 5.75 Å². The Morgan fingerprint density at radius 3 is 2.83 bits per heavy atom. The van der Waals surface area contributed by atoms with Gasteiger partial charge in [0, 0.05) is 12.2 Å². The Hall–Kier alpha value is -1.78. The summed E-state index contributed by atoms with van der Waals surface area (Å²) in [5.41, 5.74) is 2.86. The third-order valence-electron chi connectivity index (χ3n) is 3.32. The molecule has 7 heteroatoms. The number of hydrogen-bond donors (Lipinski definition) is 0. The molecule has 0 bridgehead atoms. The van der Waals surface area contributed by atoms with E-state index in [9.17, 15) is 13.7 Å². The minimum Gasteiger partial charge on any atom is -0.268 e. The maximum absolute atomic E-state index is 11.6. The van der Waals surface area contributed by atoms with Crippen molar-refractivity contribution in [2.45, 2.75) is 26.7 Å². The van der Waals surface area contributed by atoms with E-state index < -0.39 is 10.1 Å². The van der Waals surface area contributed by atoms with Gasteiger partial charge in [0.25, 0.3) is 0 Å². The van der Waals surface area contributed by atoms with Crippen molar-refractivity contribution >= 4 is 33.2 Å². The number of thioether (sulfide) groups is 1. The summed E-state index contributed by atoms with van der Waals surface area (Å²) in [5, 5.41) is 13.4. The third-order valence-corrected chi connectivity index (χ3v) is 5.66. The largest absolute Gasteiger partial charge is 0.328 e. The van der Waals surface area contributed by atoms with Gasteiger partial charge in [0.05, 0.1) is 21.9 Å². The van der Waals surface area contributed by atoms with E-state index in [4.69, 9.17) is 4.28 Å². The average Bonchev–Trinajstić information content (AvgIpc) is 2.96. The van der Waals surface area contributed by atoms with Crippen molar-refractivity contribution in [2.75, 3.05) is 11.5 Å². The fourth-order valence-corrected chi connectivity index (χ4v) is 4.11. The topological polar surface area (TPSA) is 79.5 Å². The van der Waals surface area contributed by atoms with Gasteiger partial charge in [-0.3, -0.25) is 4.28 Å². The van der Waals surface area contributed by atoms with Gasteiger partial charge in [0.15, 0.2) is 0 Å². The molecule has 1 saturated heterocycles. The van der Waals surface area contributed by atoms with Crippen LogP contribution in [-0.4, -0.2) is 25.6 Å². The normalized spacial score (nSPS) is 18.7. The van der Waals surface area contributed by atoms with Crippen LogP contribution < -0.4 is 0 Å². The SMILES string of the molecule is CCCS(=O)(=O)ON=C1CCSC1=C(C#N)c1ccccc1C. The minimum absolute atomic E-state index is 0.0706. The molecule has 1 fully saturated rings. The molecule has 0 saturated carbocycles. The van der Waals surface area contributed by atoms with Crippen LogP contribution >= 0.6 is 11.8 Å².